The van der Waals surface area contributed by atoms with Crippen LogP contribution in [0, 0.1) is 5.41 Å². The maximum Gasteiger partial charge on any atom is 0.214 e. The molecule has 4 nitrogen and oxygen atoms in total. The van der Waals surface area contributed by atoms with E-state index in [-0.39, 0.29) is 11.2 Å². The molecule has 0 bridgehead atoms. The minimum Gasteiger partial charge on any atom is -0.399 e. The van der Waals surface area contributed by atoms with Gasteiger partial charge in [-0.25, -0.2) is 8.42 Å². The molecule has 1 aliphatic heterocycles. The van der Waals surface area contributed by atoms with Crippen LogP contribution >= 0.6 is 0 Å². The fourth-order valence-corrected chi connectivity index (χ4v) is 4.19. The lowest BCUT2D eigenvalue weighted by Gasteiger charge is -2.29. The standard InChI is InChI=1S/C15H24N2O2S/c1-15(2,3)7-9-20(18,19)17-8-6-12-4-5-14(16)10-13(12)11-17/h4-5,10H,6-9,11,16H2,1-3H3. The van der Waals surface area contributed by atoms with Crippen LogP contribution in [0.3, 0.4) is 0 Å². The number of benzene rings is 1. The van der Waals surface area contributed by atoms with Gasteiger partial charge in [-0.1, -0.05) is 26.8 Å². The van der Waals surface area contributed by atoms with E-state index in [1.54, 1.807) is 4.31 Å². The summed E-state index contributed by atoms with van der Waals surface area (Å²) in [5.74, 6) is 0.216. The first kappa shape index (κ1) is 15.3. The molecule has 0 aromatic heterocycles. The predicted molar refractivity (Wildman–Crippen MR) is 82.8 cm³/mol. The smallest absolute Gasteiger partial charge is 0.214 e. The van der Waals surface area contributed by atoms with Gasteiger partial charge in [-0.3, -0.25) is 0 Å². The van der Waals surface area contributed by atoms with E-state index in [0.29, 0.717) is 25.2 Å². The molecular weight excluding hydrogens is 272 g/mol. The molecule has 2 N–H and O–H groups in total. The molecule has 0 atom stereocenters. The van der Waals surface area contributed by atoms with Crippen molar-refractivity contribution in [3.63, 3.8) is 0 Å². The van der Waals surface area contributed by atoms with Crippen molar-refractivity contribution in [2.45, 2.75) is 40.2 Å². The van der Waals surface area contributed by atoms with Gasteiger partial charge >= 0.3 is 0 Å². The largest absolute Gasteiger partial charge is 0.399 e. The Morgan fingerprint density at radius 1 is 1.25 bits per heavy atom. The Labute approximate surface area is 122 Å². The third kappa shape index (κ3) is 3.73. The fourth-order valence-electron chi connectivity index (χ4n) is 2.35. The van der Waals surface area contributed by atoms with Crippen molar-refractivity contribution >= 4 is 15.7 Å². The quantitative estimate of drug-likeness (QED) is 0.871. The van der Waals surface area contributed by atoms with E-state index in [9.17, 15) is 8.42 Å². The second kappa shape index (κ2) is 5.37. The van der Waals surface area contributed by atoms with Crippen LogP contribution in [-0.2, 0) is 23.0 Å². The highest BCUT2D eigenvalue weighted by atomic mass is 32.2. The summed E-state index contributed by atoms with van der Waals surface area (Å²) in [6, 6.07) is 5.77. The van der Waals surface area contributed by atoms with Gasteiger partial charge in [0.15, 0.2) is 0 Å². The van der Waals surface area contributed by atoms with Crippen LogP contribution < -0.4 is 5.73 Å². The van der Waals surface area contributed by atoms with E-state index in [1.165, 1.54) is 5.56 Å². The predicted octanol–water partition coefficient (Wildman–Crippen LogP) is 2.39. The first-order valence-electron chi connectivity index (χ1n) is 7.02. The van der Waals surface area contributed by atoms with E-state index in [2.05, 4.69) is 20.8 Å². The molecule has 1 heterocycles. The maximum absolute atomic E-state index is 12.4. The second-order valence-corrected chi connectivity index (χ2v) is 8.83. The molecule has 0 radical (unpaired) electrons. The summed E-state index contributed by atoms with van der Waals surface area (Å²) in [6.07, 6.45) is 1.44. The molecule has 0 fully saturated rings. The zero-order valence-corrected chi connectivity index (χ0v) is 13.3. The minimum atomic E-state index is -3.18. The Kier molecular flexibility index (Phi) is 4.12. The highest BCUT2D eigenvalue weighted by Crippen LogP contribution is 2.25. The molecule has 5 heteroatoms. The molecule has 0 saturated heterocycles. The molecule has 112 valence electrons. The lowest BCUT2D eigenvalue weighted by molar-refractivity contribution is 0.368. The van der Waals surface area contributed by atoms with Gasteiger partial charge in [0.05, 0.1) is 5.75 Å². The normalized spacial score (nSPS) is 16.9. The first-order valence-corrected chi connectivity index (χ1v) is 8.63. The lowest BCUT2D eigenvalue weighted by atomic mass is 9.94. The Bertz CT molecular complexity index is 588. The summed E-state index contributed by atoms with van der Waals surface area (Å²) in [5, 5.41) is 0. The Balaban J connectivity index is 2.11. The number of hydrogen-bond donors (Lipinski definition) is 1. The SMILES string of the molecule is CC(C)(C)CCS(=O)(=O)N1CCc2ccc(N)cc2C1. The van der Waals surface area contributed by atoms with Crippen molar-refractivity contribution in [1.29, 1.82) is 0 Å². The van der Waals surface area contributed by atoms with Crippen molar-refractivity contribution in [3.8, 4) is 0 Å². The number of nitrogen functional groups attached to an aromatic ring is 1. The molecule has 0 unspecified atom stereocenters. The topological polar surface area (TPSA) is 63.4 Å². The number of anilines is 1. The minimum absolute atomic E-state index is 0.0329. The van der Waals surface area contributed by atoms with Crippen LogP contribution in [0.2, 0.25) is 0 Å². The van der Waals surface area contributed by atoms with Crippen LogP contribution in [-0.4, -0.2) is 25.0 Å². The van der Waals surface area contributed by atoms with Gasteiger partial charge in [0, 0.05) is 18.8 Å². The number of nitrogens with zero attached hydrogens (tertiary/aromatic N) is 1. The van der Waals surface area contributed by atoms with Crippen molar-refractivity contribution in [2.75, 3.05) is 18.0 Å². The molecule has 0 amide bonds. The fraction of sp³-hybridized carbons (Fsp3) is 0.600. The summed E-state index contributed by atoms with van der Waals surface area (Å²) >= 11 is 0. The van der Waals surface area contributed by atoms with Gasteiger partial charge < -0.3 is 5.73 Å². The van der Waals surface area contributed by atoms with Crippen LogP contribution in [0.15, 0.2) is 18.2 Å². The van der Waals surface area contributed by atoms with Crippen molar-refractivity contribution < 1.29 is 8.42 Å². The first-order chi connectivity index (χ1) is 9.17. The van der Waals surface area contributed by atoms with Gasteiger partial charge in [-0.05, 0) is 41.5 Å². The number of hydrogen-bond acceptors (Lipinski definition) is 3. The zero-order chi connectivity index (χ0) is 15.0. The molecule has 1 aromatic carbocycles. The van der Waals surface area contributed by atoms with Gasteiger partial charge in [0.1, 0.15) is 0 Å². The third-order valence-corrected chi connectivity index (χ3v) is 5.53. The molecule has 0 saturated carbocycles. The molecule has 20 heavy (non-hydrogen) atoms. The van der Waals surface area contributed by atoms with E-state index in [1.807, 2.05) is 18.2 Å². The Hall–Kier alpha value is -1.07. The van der Waals surface area contributed by atoms with Crippen LogP contribution in [0.4, 0.5) is 5.69 Å². The van der Waals surface area contributed by atoms with Gasteiger partial charge in [-0.15, -0.1) is 0 Å². The van der Waals surface area contributed by atoms with E-state index >= 15 is 0 Å². The van der Waals surface area contributed by atoms with Gasteiger partial charge in [-0.2, -0.15) is 4.31 Å². The molecule has 0 aliphatic carbocycles. The lowest BCUT2D eigenvalue weighted by Crippen LogP contribution is -2.38. The van der Waals surface area contributed by atoms with Crippen LogP contribution in [0.25, 0.3) is 0 Å². The van der Waals surface area contributed by atoms with E-state index < -0.39 is 10.0 Å². The maximum atomic E-state index is 12.4. The third-order valence-electron chi connectivity index (χ3n) is 3.71. The van der Waals surface area contributed by atoms with E-state index in [4.69, 9.17) is 5.73 Å². The van der Waals surface area contributed by atoms with E-state index in [0.717, 1.165) is 12.0 Å². The zero-order valence-electron chi connectivity index (χ0n) is 12.5. The summed E-state index contributed by atoms with van der Waals surface area (Å²) in [6.45, 7) is 7.22. The number of rotatable bonds is 3. The average molecular weight is 296 g/mol. The summed E-state index contributed by atoms with van der Waals surface area (Å²) in [7, 11) is -3.18. The summed E-state index contributed by atoms with van der Waals surface area (Å²) in [4.78, 5) is 0. The average Bonchev–Trinajstić information content (AvgIpc) is 2.35. The molecule has 1 aliphatic rings. The van der Waals surface area contributed by atoms with Crippen LogP contribution in [0.5, 0.6) is 0 Å². The molecule has 0 spiro atoms. The monoisotopic (exact) mass is 296 g/mol. The van der Waals surface area contributed by atoms with Gasteiger partial charge in [0.2, 0.25) is 10.0 Å². The van der Waals surface area contributed by atoms with Crippen LogP contribution in [0.1, 0.15) is 38.3 Å². The number of nitrogens with two attached hydrogens (primary N) is 1. The van der Waals surface area contributed by atoms with Crippen molar-refractivity contribution in [2.24, 2.45) is 5.41 Å². The molecule has 2 rings (SSSR count). The number of fused-ring (bicyclic) bond motifs is 1. The highest BCUT2D eigenvalue weighted by molar-refractivity contribution is 7.89. The highest BCUT2D eigenvalue weighted by Gasteiger charge is 2.27. The number of sulfonamides is 1. The second-order valence-electron chi connectivity index (χ2n) is 6.74. The van der Waals surface area contributed by atoms with Crippen molar-refractivity contribution in [1.82, 2.24) is 4.31 Å². The summed E-state index contributed by atoms with van der Waals surface area (Å²) < 4.78 is 26.4. The molecular formula is C15H24N2O2S. The Morgan fingerprint density at radius 2 is 1.95 bits per heavy atom. The molecule has 1 aromatic rings. The van der Waals surface area contributed by atoms with Gasteiger partial charge in [0.25, 0.3) is 0 Å². The summed E-state index contributed by atoms with van der Waals surface area (Å²) in [5.41, 5.74) is 8.76. The Morgan fingerprint density at radius 3 is 2.60 bits per heavy atom. The van der Waals surface area contributed by atoms with Crippen molar-refractivity contribution in [3.05, 3.63) is 29.3 Å².